The van der Waals surface area contributed by atoms with Gasteiger partial charge in [0, 0.05) is 25.6 Å². The summed E-state index contributed by atoms with van der Waals surface area (Å²) in [5.41, 5.74) is 0.478. The molecule has 3 atom stereocenters. The Balaban J connectivity index is 0.00000210. The van der Waals surface area contributed by atoms with Crippen molar-refractivity contribution in [1.29, 1.82) is 0 Å². The van der Waals surface area contributed by atoms with E-state index < -0.39 is 0 Å². The van der Waals surface area contributed by atoms with Gasteiger partial charge >= 0.3 is 0 Å². The number of aromatic nitrogens is 2. The maximum absolute atomic E-state index is 12.9. The van der Waals surface area contributed by atoms with Gasteiger partial charge in [0.25, 0.3) is 5.56 Å². The number of carbonyl (C=O) groups excluding carboxylic acids is 1. The van der Waals surface area contributed by atoms with E-state index in [0.717, 1.165) is 32.4 Å². The number of nitrogens with zero attached hydrogens (tertiary/aromatic N) is 2. The first-order valence-electron chi connectivity index (χ1n) is 9.20. The lowest BCUT2D eigenvalue weighted by Crippen LogP contribution is -2.53. The summed E-state index contributed by atoms with van der Waals surface area (Å²) in [7, 11) is 1.77. The van der Waals surface area contributed by atoms with E-state index in [1.165, 1.54) is 0 Å². The molecular weight excluding hydrogens is 368 g/mol. The molecule has 1 aromatic heterocycles. The van der Waals surface area contributed by atoms with Gasteiger partial charge in [0.15, 0.2) is 0 Å². The zero-order valence-electron chi connectivity index (χ0n) is 15.3. The number of H-pyrrole nitrogens is 1. The van der Waals surface area contributed by atoms with E-state index in [-0.39, 0.29) is 41.9 Å². The van der Waals surface area contributed by atoms with E-state index in [1.807, 2.05) is 18.2 Å². The van der Waals surface area contributed by atoms with Crippen LogP contribution in [0, 0.1) is 5.92 Å². The van der Waals surface area contributed by atoms with Gasteiger partial charge in [0.05, 0.1) is 30.2 Å². The van der Waals surface area contributed by atoms with Crippen molar-refractivity contribution in [3.05, 3.63) is 40.4 Å². The zero-order chi connectivity index (χ0) is 18.1. The Labute approximate surface area is 163 Å². The number of hydrogen-bond donors (Lipinski definition) is 2. The van der Waals surface area contributed by atoms with Crippen molar-refractivity contribution in [2.45, 2.75) is 38.0 Å². The van der Waals surface area contributed by atoms with E-state index in [1.54, 1.807) is 18.0 Å². The number of amides is 1. The highest BCUT2D eigenvalue weighted by atomic mass is 35.5. The molecule has 1 aliphatic heterocycles. The summed E-state index contributed by atoms with van der Waals surface area (Å²) < 4.78 is 5.78. The second-order valence-electron chi connectivity index (χ2n) is 7.20. The van der Waals surface area contributed by atoms with Crippen molar-refractivity contribution in [3.63, 3.8) is 0 Å². The molecule has 0 spiro atoms. The molecule has 2 fully saturated rings. The number of aromatic amines is 1. The molecule has 2 aliphatic rings. The van der Waals surface area contributed by atoms with E-state index in [4.69, 9.17) is 4.74 Å². The van der Waals surface area contributed by atoms with Crippen LogP contribution in [0.2, 0.25) is 0 Å². The molecule has 1 saturated heterocycles. The Morgan fingerprint density at radius 1 is 1.33 bits per heavy atom. The number of fused-ring (bicyclic) bond motifs is 2. The lowest BCUT2D eigenvalue weighted by Gasteiger charge is -2.40. The fraction of sp³-hybridized carbons (Fsp3) is 0.526. The molecule has 146 valence electrons. The number of hydrogen-bond acceptors (Lipinski definition) is 5. The van der Waals surface area contributed by atoms with Crippen LogP contribution in [0.15, 0.2) is 29.1 Å². The minimum absolute atomic E-state index is 0. The first-order chi connectivity index (χ1) is 12.6. The normalized spacial score (nSPS) is 24.7. The Bertz CT molecular complexity index is 871. The fourth-order valence-electron chi connectivity index (χ4n) is 4.06. The average Bonchev–Trinajstić information content (AvgIpc) is 2.67. The SMILES string of the molecule is CN(Cc1nc2ccccc2c(=O)[nH]1)C(=O)[C@H]1CC[C@H]2OCCN[C@@H]2C1.Cl. The lowest BCUT2D eigenvalue weighted by atomic mass is 9.82. The molecule has 7 nitrogen and oxygen atoms in total. The molecule has 0 bridgehead atoms. The molecule has 0 radical (unpaired) electrons. The van der Waals surface area contributed by atoms with Crippen LogP contribution in [0.5, 0.6) is 0 Å². The monoisotopic (exact) mass is 392 g/mol. The standard InChI is InChI=1S/C19H24N4O3.ClH/c1-23(11-17-21-14-5-3-2-4-13(14)18(24)22-17)19(25)12-6-7-16-15(10-12)20-8-9-26-16;/h2-5,12,15-16,20H,6-11H2,1H3,(H,21,22,24);1H/t12-,15+,16+;/m0./s1. The molecule has 4 rings (SSSR count). The number of morpholine rings is 1. The molecule has 2 aromatic rings. The summed E-state index contributed by atoms with van der Waals surface area (Å²) >= 11 is 0. The number of rotatable bonds is 3. The molecule has 2 heterocycles. The van der Waals surface area contributed by atoms with Gasteiger partial charge in [0.2, 0.25) is 5.91 Å². The summed E-state index contributed by atoms with van der Waals surface area (Å²) in [6.07, 6.45) is 2.78. The third-order valence-electron chi connectivity index (χ3n) is 5.40. The number of para-hydroxylation sites is 1. The molecule has 1 saturated carbocycles. The van der Waals surface area contributed by atoms with Crippen LogP contribution >= 0.6 is 12.4 Å². The second kappa shape index (κ2) is 8.37. The zero-order valence-corrected chi connectivity index (χ0v) is 16.1. The maximum Gasteiger partial charge on any atom is 0.258 e. The first-order valence-corrected chi connectivity index (χ1v) is 9.20. The highest BCUT2D eigenvalue weighted by Crippen LogP contribution is 2.29. The van der Waals surface area contributed by atoms with Crippen LogP contribution in [-0.4, -0.2) is 53.1 Å². The van der Waals surface area contributed by atoms with Crippen molar-refractivity contribution in [3.8, 4) is 0 Å². The molecule has 8 heteroatoms. The predicted octanol–water partition coefficient (Wildman–Crippen LogP) is 1.46. The van der Waals surface area contributed by atoms with E-state index in [0.29, 0.717) is 23.3 Å². The molecule has 1 aliphatic carbocycles. The van der Waals surface area contributed by atoms with E-state index in [9.17, 15) is 9.59 Å². The molecular formula is C19H25ClN4O3. The summed E-state index contributed by atoms with van der Waals surface area (Å²) in [6, 6.07) is 7.49. The molecule has 1 amide bonds. The summed E-state index contributed by atoms with van der Waals surface area (Å²) in [6.45, 7) is 1.90. The number of carbonyl (C=O) groups is 1. The van der Waals surface area contributed by atoms with Gasteiger partial charge in [-0.15, -0.1) is 12.4 Å². The van der Waals surface area contributed by atoms with Crippen LogP contribution in [-0.2, 0) is 16.1 Å². The first kappa shape index (κ1) is 19.8. The minimum Gasteiger partial charge on any atom is -0.375 e. The fourth-order valence-corrected chi connectivity index (χ4v) is 4.06. The van der Waals surface area contributed by atoms with Crippen molar-refractivity contribution >= 4 is 29.2 Å². The van der Waals surface area contributed by atoms with Gasteiger partial charge in [-0.05, 0) is 31.4 Å². The smallest absolute Gasteiger partial charge is 0.258 e. The minimum atomic E-state index is -0.171. The van der Waals surface area contributed by atoms with Crippen molar-refractivity contribution in [2.24, 2.45) is 5.92 Å². The van der Waals surface area contributed by atoms with Crippen molar-refractivity contribution < 1.29 is 9.53 Å². The van der Waals surface area contributed by atoms with E-state index in [2.05, 4.69) is 15.3 Å². The average molecular weight is 393 g/mol. The third kappa shape index (κ3) is 4.15. The maximum atomic E-state index is 12.9. The quantitative estimate of drug-likeness (QED) is 0.825. The Morgan fingerprint density at radius 2 is 2.15 bits per heavy atom. The molecule has 0 unspecified atom stereocenters. The van der Waals surface area contributed by atoms with Gasteiger partial charge < -0.3 is 19.9 Å². The van der Waals surface area contributed by atoms with Gasteiger partial charge in [-0.3, -0.25) is 9.59 Å². The molecule has 2 N–H and O–H groups in total. The largest absolute Gasteiger partial charge is 0.375 e. The van der Waals surface area contributed by atoms with Gasteiger partial charge in [0.1, 0.15) is 5.82 Å². The van der Waals surface area contributed by atoms with Crippen LogP contribution < -0.4 is 10.9 Å². The van der Waals surface area contributed by atoms with Crippen LogP contribution in [0.1, 0.15) is 25.1 Å². The number of halogens is 1. The Hall–Kier alpha value is -1.96. The Morgan fingerprint density at radius 3 is 3.00 bits per heavy atom. The highest BCUT2D eigenvalue weighted by molar-refractivity contribution is 5.85. The Kier molecular flexibility index (Phi) is 6.14. The van der Waals surface area contributed by atoms with Gasteiger partial charge in [-0.1, -0.05) is 12.1 Å². The predicted molar refractivity (Wildman–Crippen MR) is 105 cm³/mol. The van der Waals surface area contributed by atoms with Crippen LogP contribution in [0.25, 0.3) is 10.9 Å². The van der Waals surface area contributed by atoms with Crippen LogP contribution in [0.4, 0.5) is 0 Å². The number of nitrogens with one attached hydrogen (secondary N) is 2. The van der Waals surface area contributed by atoms with Gasteiger partial charge in [-0.2, -0.15) is 0 Å². The summed E-state index contributed by atoms with van der Waals surface area (Å²) in [5.74, 6) is 0.603. The highest BCUT2D eigenvalue weighted by Gasteiger charge is 2.36. The lowest BCUT2D eigenvalue weighted by molar-refractivity contribution is -0.138. The number of benzene rings is 1. The van der Waals surface area contributed by atoms with Crippen molar-refractivity contribution in [2.75, 3.05) is 20.2 Å². The topological polar surface area (TPSA) is 87.3 Å². The number of ether oxygens (including phenoxy) is 1. The third-order valence-corrected chi connectivity index (χ3v) is 5.40. The second-order valence-corrected chi connectivity index (χ2v) is 7.20. The van der Waals surface area contributed by atoms with Crippen LogP contribution in [0.3, 0.4) is 0 Å². The summed E-state index contributed by atoms with van der Waals surface area (Å²) in [4.78, 5) is 34.0. The summed E-state index contributed by atoms with van der Waals surface area (Å²) in [5, 5.41) is 4.03. The molecule has 1 aromatic carbocycles. The van der Waals surface area contributed by atoms with E-state index >= 15 is 0 Å². The molecule has 27 heavy (non-hydrogen) atoms. The van der Waals surface area contributed by atoms with Gasteiger partial charge in [-0.25, -0.2) is 4.98 Å². The van der Waals surface area contributed by atoms with Crippen molar-refractivity contribution in [1.82, 2.24) is 20.2 Å².